The molecule has 23 heavy (non-hydrogen) atoms. The van der Waals surface area contributed by atoms with Gasteiger partial charge in [-0.3, -0.25) is 0 Å². The zero-order valence-corrected chi connectivity index (χ0v) is 16.1. The Balaban J connectivity index is 0. The minimum absolute atomic E-state index is 0. The molecule has 0 aliphatic carbocycles. The summed E-state index contributed by atoms with van der Waals surface area (Å²) in [6.07, 6.45) is 16.3. The molecule has 0 saturated heterocycles. The van der Waals surface area contributed by atoms with E-state index in [1.54, 1.807) is 0 Å². The summed E-state index contributed by atoms with van der Waals surface area (Å²) in [4.78, 5) is 20.4. The molecule has 0 bridgehead atoms. The first-order valence-electron chi connectivity index (χ1n) is 9.02. The van der Waals surface area contributed by atoms with Gasteiger partial charge in [0.15, 0.2) is 0 Å². The van der Waals surface area contributed by atoms with Crippen molar-refractivity contribution in [3.8, 4) is 0 Å². The standard InChI is InChI=1S/C18H34O4.Mg/c19-17(20)15-13-11-9-7-5-3-1-2-4-6-8-10-12-14-16-18(21)22;/h1-16H2,(H,19,20)(H,21,22);/q;+2/p-2. The number of carbonyl (C=O) groups excluding carboxylic acids is 2. The zero-order chi connectivity index (χ0) is 16.5. The molecule has 0 atom stereocenters. The van der Waals surface area contributed by atoms with Crippen LogP contribution in [0.15, 0.2) is 0 Å². The van der Waals surface area contributed by atoms with E-state index in [9.17, 15) is 19.8 Å². The van der Waals surface area contributed by atoms with Crippen LogP contribution in [0.1, 0.15) is 103 Å². The molecule has 0 spiro atoms. The van der Waals surface area contributed by atoms with E-state index in [0.717, 1.165) is 38.5 Å². The van der Waals surface area contributed by atoms with Gasteiger partial charge < -0.3 is 19.8 Å². The number of aliphatic carboxylic acids is 2. The average Bonchev–Trinajstić information content (AvgIpc) is 2.46. The Labute approximate surface area is 157 Å². The predicted molar refractivity (Wildman–Crippen MR) is 89.6 cm³/mol. The van der Waals surface area contributed by atoms with E-state index < -0.39 is 11.9 Å². The van der Waals surface area contributed by atoms with Crippen LogP contribution in [0.5, 0.6) is 0 Å². The fourth-order valence-corrected chi connectivity index (χ4v) is 2.66. The summed E-state index contributed by atoms with van der Waals surface area (Å²) in [6.45, 7) is 0. The maximum atomic E-state index is 10.2. The Morgan fingerprint density at radius 3 is 0.783 bits per heavy atom. The van der Waals surface area contributed by atoms with Crippen LogP contribution in [0.3, 0.4) is 0 Å². The molecule has 0 amide bonds. The van der Waals surface area contributed by atoms with E-state index in [0.29, 0.717) is 0 Å². The monoisotopic (exact) mass is 336 g/mol. The van der Waals surface area contributed by atoms with Gasteiger partial charge in [-0.15, -0.1) is 0 Å². The Morgan fingerprint density at radius 1 is 0.435 bits per heavy atom. The van der Waals surface area contributed by atoms with Crippen LogP contribution in [0.2, 0.25) is 0 Å². The minimum Gasteiger partial charge on any atom is -0.550 e. The summed E-state index contributed by atoms with van der Waals surface area (Å²) in [7, 11) is 0. The molecule has 5 heteroatoms. The van der Waals surface area contributed by atoms with Crippen LogP contribution in [0, 0.1) is 0 Å². The van der Waals surface area contributed by atoms with Gasteiger partial charge in [-0.25, -0.2) is 0 Å². The molecular weight excluding hydrogens is 304 g/mol. The second kappa shape index (κ2) is 19.8. The van der Waals surface area contributed by atoms with E-state index in [1.807, 2.05) is 0 Å². The van der Waals surface area contributed by atoms with Crippen molar-refractivity contribution in [1.29, 1.82) is 0 Å². The molecule has 0 N–H and O–H groups in total. The van der Waals surface area contributed by atoms with E-state index in [1.165, 1.54) is 51.4 Å². The number of carbonyl (C=O) groups is 2. The quantitative estimate of drug-likeness (QED) is 0.301. The zero-order valence-electron chi connectivity index (χ0n) is 14.7. The van der Waals surface area contributed by atoms with Crippen LogP contribution in [0.25, 0.3) is 0 Å². The van der Waals surface area contributed by atoms with Gasteiger partial charge in [-0.2, -0.15) is 0 Å². The van der Waals surface area contributed by atoms with Crippen molar-refractivity contribution in [3.63, 3.8) is 0 Å². The predicted octanol–water partition coefficient (Wildman–Crippen LogP) is 2.35. The molecule has 0 saturated carbocycles. The van der Waals surface area contributed by atoms with Gasteiger partial charge in [-0.1, -0.05) is 77.0 Å². The van der Waals surface area contributed by atoms with Crippen molar-refractivity contribution in [2.24, 2.45) is 0 Å². The third kappa shape index (κ3) is 24.1. The van der Waals surface area contributed by atoms with Gasteiger partial charge in [0.05, 0.1) is 0 Å². The normalized spacial score (nSPS) is 10.3. The van der Waals surface area contributed by atoms with Gasteiger partial charge in [0, 0.05) is 11.9 Å². The van der Waals surface area contributed by atoms with Crippen molar-refractivity contribution in [1.82, 2.24) is 0 Å². The largest absolute Gasteiger partial charge is 2.00 e. The van der Waals surface area contributed by atoms with E-state index in [-0.39, 0.29) is 35.9 Å². The molecule has 130 valence electrons. The Kier molecular flexibility index (Phi) is 21.4. The van der Waals surface area contributed by atoms with Crippen LogP contribution in [-0.2, 0) is 9.59 Å². The fraction of sp³-hybridized carbons (Fsp3) is 0.889. The average molecular weight is 337 g/mol. The molecular formula is C18H32MgO4. The molecule has 4 nitrogen and oxygen atoms in total. The minimum atomic E-state index is -0.932. The van der Waals surface area contributed by atoms with E-state index in [4.69, 9.17) is 0 Å². The molecule has 0 radical (unpaired) electrons. The van der Waals surface area contributed by atoms with Crippen molar-refractivity contribution >= 4 is 35.0 Å². The van der Waals surface area contributed by atoms with Crippen LogP contribution < -0.4 is 10.2 Å². The van der Waals surface area contributed by atoms with Gasteiger partial charge in [0.2, 0.25) is 0 Å². The second-order valence-corrected chi connectivity index (χ2v) is 6.19. The van der Waals surface area contributed by atoms with E-state index >= 15 is 0 Å². The van der Waals surface area contributed by atoms with Crippen molar-refractivity contribution in [2.75, 3.05) is 0 Å². The van der Waals surface area contributed by atoms with Gasteiger partial charge in [0.1, 0.15) is 0 Å². The summed E-state index contributed by atoms with van der Waals surface area (Å²) >= 11 is 0. The van der Waals surface area contributed by atoms with Gasteiger partial charge in [0.25, 0.3) is 0 Å². The number of hydrogen-bond donors (Lipinski definition) is 0. The summed E-state index contributed by atoms with van der Waals surface area (Å²) in [5.74, 6) is -1.86. The fourth-order valence-electron chi connectivity index (χ4n) is 2.66. The molecule has 0 unspecified atom stereocenters. The van der Waals surface area contributed by atoms with Gasteiger partial charge in [-0.05, 0) is 25.7 Å². The topological polar surface area (TPSA) is 80.3 Å². The first kappa shape index (κ1) is 25.0. The summed E-state index contributed by atoms with van der Waals surface area (Å²) in [6, 6.07) is 0. The molecule has 0 heterocycles. The van der Waals surface area contributed by atoms with Crippen LogP contribution in [0.4, 0.5) is 0 Å². The number of carboxylic acid groups (broad SMARTS) is 2. The summed E-state index contributed by atoms with van der Waals surface area (Å²) in [5.41, 5.74) is 0. The molecule has 0 aliphatic rings. The molecule has 0 fully saturated rings. The molecule has 0 rings (SSSR count). The molecule has 0 aliphatic heterocycles. The number of rotatable bonds is 17. The summed E-state index contributed by atoms with van der Waals surface area (Å²) < 4.78 is 0. The van der Waals surface area contributed by atoms with Crippen molar-refractivity contribution in [2.45, 2.75) is 103 Å². The third-order valence-electron chi connectivity index (χ3n) is 4.01. The Bertz CT molecular complexity index is 254. The van der Waals surface area contributed by atoms with Gasteiger partial charge >= 0.3 is 23.1 Å². The Morgan fingerprint density at radius 2 is 0.609 bits per heavy atom. The van der Waals surface area contributed by atoms with E-state index in [2.05, 4.69) is 0 Å². The van der Waals surface area contributed by atoms with Crippen molar-refractivity contribution < 1.29 is 19.8 Å². The second-order valence-electron chi connectivity index (χ2n) is 6.19. The first-order chi connectivity index (χ1) is 10.6. The Hall–Kier alpha value is -0.294. The van der Waals surface area contributed by atoms with Crippen LogP contribution in [-0.4, -0.2) is 35.0 Å². The maximum absolute atomic E-state index is 10.2. The molecule has 0 aromatic heterocycles. The summed E-state index contributed by atoms with van der Waals surface area (Å²) in [5, 5.41) is 20.4. The number of hydrogen-bond acceptors (Lipinski definition) is 4. The van der Waals surface area contributed by atoms with Crippen molar-refractivity contribution in [3.05, 3.63) is 0 Å². The molecule has 0 aromatic carbocycles. The van der Waals surface area contributed by atoms with Crippen LogP contribution >= 0.6 is 0 Å². The SMILES string of the molecule is O=C([O-])CCCCCCCCCCCCCCCCC(=O)[O-].[Mg+2]. The number of carboxylic acids is 2. The molecule has 0 aromatic rings. The third-order valence-corrected chi connectivity index (χ3v) is 4.01. The smallest absolute Gasteiger partial charge is 0.550 e. The number of unbranched alkanes of at least 4 members (excludes halogenated alkanes) is 13. The maximum Gasteiger partial charge on any atom is 2.00 e. The first-order valence-corrected chi connectivity index (χ1v) is 9.02.